The van der Waals surface area contributed by atoms with E-state index in [0.717, 1.165) is 5.56 Å². The first kappa shape index (κ1) is 13.2. The van der Waals surface area contributed by atoms with Crippen molar-refractivity contribution in [2.45, 2.75) is 26.4 Å². The highest BCUT2D eigenvalue weighted by Gasteiger charge is 2.15. The van der Waals surface area contributed by atoms with Gasteiger partial charge in [-0.2, -0.15) is 0 Å². The minimum absolute atomic E-state index is 0.0575. The van der Waals surface area contributed by atoms with E-state index in [9.17, 15) is 4.79 Å². The summed E-state index contributed by atoms with van der Waals surface area (Å²) >= 11 is 0. The van der Waals surface area contributed by atoms with Crippen LogP contribution in [0.2, 0.25) is 0 Å². The van der Waals surface area contributed by atoms with Gasteiger partial charge >= 0.3 is 5.97 Å². The van der Waals surface area contributed by atoms with E-state index in [1.807, 2.05) is 51.1 Å². The minimum Gasteiger partial charge on any atom is -0.459 e. The first-order valence-corrected chi connectivity index (χ1v) is 5.46. The second-order valence-corrected chi connectivity index (χ2v) is 4.65. The van der Waals surface area contributed by atoms with Crippen LogP contribution < -0.4 is 5.73 Å². The van der Waals surface area contributed by atoms with E-state index in [2.05, 4.69) is 4.99 Å². The number of nitrogens with zero attached hydrogens (tertiary/aromatic N) is 1. The van der Waals surface area contributed by atoms with Gasteiger partial charge in [0, 0.05) is 5.56 Å². The molecule has 0 bridgehead atoms. The molecule has 92 valence electrons. The quantitative estimate of drug-likeness (QED) is 0.492. The number of amidine groups is 1. The molecule has 1 aromatic carbocycles. The van der Waals surface area contributed by atoms with Crippen molar-refractivity contribution in [1.29, 1.82) is 0 Å². The van der Waals surface area contributed by atoms with Crippen LogP contribution in [0.4, 0.5) is 0 Å². The van der Waals surface area contributed by atoms with Crippen molar-refractivity contribution in [3.05, 3.63) is 35.9 Å². The molecule has 0 saturated heterocycles. The van der Waals surface area contributed by atoms with Crippen molar-refractivity contribution >= 4 is 11.8 Å². The van der Waals surface area contributed by atoms with Gasteiger partial charge in [0.25, 0.3) is 0 Å². The molecule has 0 spiro atoms. The van der Waals surface area contributed by atoms with Gasteiger partial charge in [-0.1, -0.05) is 30.3 Å². The van der Waals surface area contributed by atoms with Gasteiger partial charge < -0.3 is 10.5 Å². The van der Waals surface area contributed by atoms with E-state index < -0.39 is 5.60 Å². The summed E-state index contributed by atoms with van der Waals surface area (Å²) in [4.78, 5) is 15.4. The molecule has 0 aliphatic heterocycles. The topological polar surface area (TPSA) is 64.7 Å². The number of carbonyl (C=O) groups excluding carboxylic acids is 1. The number of ether oxygens (including phenoxy) is 1. The highest BCUT2D eigenvalue weighted by molar-refractivity contribution is 5.98. The van der Waals surface area contributed by atoms with Crippen molar-refractivity contribution in [3.8, 4) is 0 Å². The molecular weight excluding hydrogens is 216 g/mol. The van der Waals surface area contributed by atoms with E-state index in [0.29, 0.717) is 5.84 Å². The lowest BCUT2D eigenvalue weighted by atomic mass is 10.2. The molecule has 0 amide bonds. The lowest BCUT2D eigenvalue weighted by Gasteiger charge is -2.18. The number of hydrogen-bond donors (Lipinski definition) is 1. The lowest BCUT2D eigenvalue weighted by Crippen LogP contribution is -2.26. The average molecular weight is 234 g/mol. The first-order valence-electron chi connectivity index (χ1n) is 5.46. The summed E-state index contributed by atoms with van der Waals surface area (Å²) in [6.45, 7) is 5.39. The van der Waals surface area contributed by atoms with Crippen LogP contribution in [0.5, 0.6) is 0 Å². The summed E-state index contributed by atoms with van der Waals surface area (Å²) < 4.78 is 5.12. The molecule has 0 fully saturated rings. The fourth-order valence-electron chi connectivity index (χ4n) is 1.22. The van der Waals surface area contributed by atoms with Crippen LogP contribution in [0.3, 0.4) is 0 Å². The van der Waals surface area contributed by atoms with Crippen molar-refractivity contribution in [1.82, 2.24) is 0 Å². The van der Waals surface area contributed by atoms with Gasteiger partial charge in [-0.15, -0.1) is 0 Å². The van der Waals surface area contributed by atoms with Crippen molar-refractivity contribution in [3.63, 3.8) is 0 Å². The van der Waals surface area contributed by atoms with Crippen LogP contribution in [0.15, 0.2) is 35.3 Å². The fraction of sp³-hybridized carbons (Fsp3) is 0.385. The second kappa shape index (κ2) is 5.48. The molecule has 1 aromatic rings. The fourth-order valence-corrected chi connectivity index (χ4v) is 1.22. The Morgan fingerprint density at radius 2 is 1.88 bits per heavy atom. The molecule has 0 atom stereocenters. The van der Waals surface area contributed by atoms with Crippen molar-refractivity contribution in [2.75, 3.05) is 6.54 Å². The van der Waals surface area contributed by atoms with Crippen LogP contribution >= 0.6 is 0 Å². The third-order valence-corrected chi connectivity index (χ3v) is 1.87. The summed E-state index contributed by atoms with van der Waals surface area (Å²) in [7, 11) is 0. The van der Waals surface area contributed by atoms with E-state index >= 15 is 0 Å². The van der Waals surface area contributed by atoms with Gasteiger partial charge in [-0.05, 0) is 20.8 Å². The Labute approximate surface area is 101 Å². The number of esters is 1. The Kier molecular flexibility index (Phi) is 4.26. The molecule has 1 rings (SSSR count). The number of carbonyl (C=O) groups is 1. The summed E-state index contributed by atoms with van der Waals surface area (Å²) in [5.41, 5.74) is 6.06. The summed E-state index contributed by atoms with van der Waals surface area (Å²) in [5.74, 6) is -0.0344. The van der Waals surface area contributed by atoms with Gasteiger partial charge in [0.05, 0.1) is 0 Å². The van der Waals surface area contributed by atoms with Crippen molar-refractivity contribution < 1.29 is 9.53 Å². The largest absolute Gasteiger partial charge is 0.459 e. The smallest absolute Gasteiger partial charge is 0.328 e. The molecular formula is C13H18N2O2. The molecule has 4 nitrogen and oxygen atoms in total. The predicted molar refractivity (Wildman–Crippen MR) is 67.9 cm³/mol. The first-order chi connectivity index (χ1) is 7.88. The van der Waals surface area contributed by atoms with Crippen LogP contribution in [-0.4, -0.2) is 24.0 Å². The summed E-state index contributed by atoms with van der Waals surface area (Å²) in [5, 5.41) is 0. The number of nitrogens with two attached hydrogens (primary N) is 1. The van der Waals surface area contributed by atoms with Gasteiger partial charge in [0.1, 0.15) is 18.0 Å². The molecule has 0 unspecified atom stereocenters. The summed E-state index contributed by atoms with van der Waals surface area (Å²) in [6.07, 6.45) is 0. The van der Waals surface area contributed by atoms with Gasteiger partial charge in [-0.3, -0.25) is 9.79 Å². The van der Waals surface area contributed by atoms with Crippen molar-refractivity contribution in [2.24, 2.45) is 10.7 Å². The number of benzene rings is 1. The van der Waals surface area contributed by atoms with Gasteiger partial charge in [0.2, 0.25) is 0 Å². The highest BCUT2D eigenvalue weighted by Crippen LogP contribution is 2.07. The van der Waals surface area contributed by atoms with Gasteiger partial charge in [-0.25, -0.2) is 0 Å². The van der Waals surface area contributed by atoms with Crippen LogP contribution in [-0.2, 0) is 9.53 Å². The third kappa shape index (κ3) is 5.15. The molecule has 0 aromatic heterocycles. The molecule has 4 heteroatoms. The molecule has 0 radical (unpaired) electrons. The van der Waals surface area contributed by atoms with E-state index in [1.54, 1.807) is 0 Å². The normalized spacial score (nSPS) is 12.3. The van der Waals surface area contributed by atoms with E-state index in [4.69, 9.17) is 10.5 Å². The zero-order chi connectivity index (χ0) is 12.9. The Morgan fingerprint density at radius 3 is 2.41 bits per heavy atom. The van der Waals surface area contributed by atoms with E-state index in [-0.39, 0.29) is 12.5 Å². The molecule has 0 aliphatic rings. The minimum atomic E-state index is -0.492. The number of hydrogen-bond acceptors (Lipinski definition) is 3. The molecule has 0 heterocycles. The standard InChI is InChI=1S/C13H18N2O2/c1-13(2,3)17-11(16)9-15-12(14)10-7-5-4-6-8-10/h4-8H,9H2,1-3H3,(H2,14,15). The predicted octanol–water partition coefficient (Wildman–Crippen LogP) is 1.73. The summed E-state index contributed by atoms with van der Waals surface area (Å²) in [6, 6.07) is 9.31. The maximum atomic E-state index is 11.4. The lowest BCUT2D eigenvalue weighted by molar-refractivity contribution is -0.152. The number of rotatable bonds is 3. The Hall–Kier alpha value is -1.84. The maximum Gasteiger partial charge on any atom is 0.328 e. The molecule has 2 N–H and O–H groups in total. The zero-order valence-corrected chi connectivity index (χ0v) is 10.4. The Balaban J connectivity index is 2.57. The Morgan fingerprint density at radius 1 is 1.29 bits per heavy atom. The Bertz CT molecular complexity index is 405. The molecule has 17 heavy (non-hydrogen) atoms. The second-order valence-electron chi connectivity index (χ2n) is 4.65. The zero-order valence-electron chi connectivity index (χ0n) is 10.4. The monoisotopic (exact) mass is 234 g/mol. The van der Waals surface area contributed by atoms with Crippen LogP contribution in [0.1, 0.15) is 26.3 Å². The SMILES string of the molecule is CC(C)(C)OC(=O)CN=C(N)c1ccccc1. The van der Waals surface area contributed by atoms with Crippen LogP contribution in [0.25, 0.3) is 0 Å². The number of aliphatic imine (C=N–C) groups is 1. The van der Waals surface area contributed by atoms with E-state index in [1.165, 1.54) is 0 Å². The van der Waals surface area contributed by atoms with Gasteiger partial charge in [0.15, 0.2) is 0 Å². The van der Waals surface area contributed by atoms with Crippen LogP contribution in [0, 0.1) is 0 Å². The average Bonchev–Trinajstić information content (AvgIpc) is 2.25. The molecule has 0 saturated carbocycles. The molecule has 0 aliphatic carbocycles. The third-order valence-electron chi connectivity index (χ3n) is 1.87. The highest BCUT2D eigenvalue weighted by atomic mass is 16.6. The maximum absolute atomic E-state index is 11.4.